The second kappa shape index (κ2) is 2.63. The molecule has 0 spiro atoms. The fraction of sp³-hybridized carbons (Fsp3) is 0.556. The van der Waals surface area contributed by atoms with E-state index >= 15 is 0 Å². The minimum Gasteiger partial charge on any atom is -0.331 e. The standard InChI is InChI=1S/C9H11N3/c1-7-11-8(6-10)9-4-2-3-5-12(7)9/h2-5H2,1H3. The van der Waals surface area contributed by atoms with Crippen molar-refractivity contribution in [1.82, 2.24) is 9.55 Å². The Morgan fingerprint density at radius 2 is 2.33 bits per heavy atom. The van der Waals surface area contributed by atoms with Gasteiger partial charge in [-0.15, -0.1) is 0 Å². The van der Waals surface area contributed by atoms with Crippen molar-refractivity contribution >= 4 is 0 Å². The topological polar surface area (TPSA) is 41.6 Å². The van der Waals surface area contributed by atoms with Crippen LogP contribution in [0.15, 0.2) is 0 Å². The molecule has 0 fully saturated rings. The summed E-state index contributed by atoms with van der Waals surface area (Å²) in [5.74, 6) is 0.987. The SMILES string of the molecule is Cc1nc(C#N)c2n1CCCC2. The third kappa shape index (κ3) is 0.918. The molecule has 0 unspecified atom stereocenters. The quantitative estimate of drug-likeness (QED) is 0.577. The Balaban J connectivity index is 2.56. The van der Waals surface area contributed by atoms with Crippen molar-refractivity contribution in [2.45, 2.75) is 32.7 Å². The molecule has 0 amide bonds. The van der Waals surface area contributed by atoms with Gasteiger partial charge in [-0.25, -0.2) is 4.98 Å². The molecular formula is C9H11N3. The Labute approximate surface area is 71.6 Å². The highest BCUT2D eigenvalue weighted by molar-refractivity contribution is 5.29. The molecule has 62 valence electrons. The van der Waals surface area contributed by atoms with Crippen LogP contribution in [0.5, 0.6) is 0 Å². The molecule has 3 nitrogen and oxygen atoms in total. The number of hydrogen-bond donors (Lipinski definition) is 0. The molecule has 12 heavy (non-hydrogen) atoms. The summed E-state index contributed by atoms with van der Waals surface area (Å²) in [6, 6.07) is 2.14. The number of nitrogens with zero attached hydrogens (tertiary/aromatic N) is 3. The zero-order valence-electron chi connectivity index (χ0n) is 7.17. The van der Waals surface area contributed by atoms with Gasteiger partial charge in [-0.3, -0.25) is 0 Å². The predicted molar refractivity (Wildman–Crippen MR) is 44.6 cm³/mol. The summed E-state index contributed by atoms with van der Waals surface area (Å²) in [7, 11) is 0. The Kier molecular flexibility index (Phi) is 1.61. The van der Waals surface area contributed by atoms with E-state index in [9.17, 15) is 0 Å². The van der Waals surface area contributed by atoms with Gasteiger partial charge in [0.1, 0.15) is 11.9 Å². The monoisotopic (exact) mass is 161 g/mol. The zero-order valence-corrected chi connectivity index (χ0v) is 7.17. The second-order valence-corrected chi connectivity index (χ2v) is 3.17. The summed E-state index contributed by atoms with van der Waals surface area (Å²) in [5, 5.41) is 8.78. The van der Waals surface area contributed by atoms with E-state index < -0.39 is 0 Å². The molecule has 1 aromatic rings. The van der Waals surface area contributed by atoms with Crippen LogP contribution in [0.2, 0.25) is 0 Å². The predicted octanol–water partition coefficient (Wildman–Crippen LogP) is 1.40. The van der Waals surface area contributed by atoms with Gasteiger partial charge in [0, 0.05) is 6.54 Å². The lowest BCUT2D eigenvalue weighted by atomic mass is 10.1. The lowest BCUT2D eigenvalue weighted by Crippen LogP contribution is -2.11. The molecule has 0 bridgehead atoms. The third-order valence-electron chi connectivity index (χ3n) is 2.41. The fourth-order valence-electron chi connectivity index (χ4n) is 1.81. The van der Waals surface area contributed by atoms with Crippen LogP contribution >= 0.6 is 0 Å². The molecule has 0 saturated heterocycles. The van der Waals surface area contributed by atoms with Crippen LogP contribution in [-0.2, 0) is 13.0 Å². The van der Waals surface area contributed by atoms with Gasteiger partial charge in [0.15, 0.2) is 5.69 Å². The maximum absolute atomic E-state index is 8.78. The second-order valence-electron chi connectivity index (χ2n) is 3.17. The van der Waals surface area contributed by atoms with Gasteiger partial charge >= 0.3 is 0 Å². The largest absolute Gasteiger partial charge is 0.331 e. The summed E-state index contributed by atoms with van der Waals surface area (Å²) in [5.41, 5.74) is 1.77. The first kappa shape index (κ1) is 7.35. The van der Waals surface area contributed by atoms with Crippen molar-refractivity contribution < 1.29 is 0 Å². The van der Waals surface area contributed by atoms with Gasteiger partial charge in [0.05, 0.1) is 5.69 Å². The van der Waals surface area contributed by atoms with Crippen molar-refractivity contribution in [3.05, 3.63) is 17.2 Å². The molecule has 0 radical (unpaired) electrons. The number of hydrogen-bond acceptors (Lipinski definition) is 2. The van der Waals surface area contributed by atoms with Crippen LogP contribution < -0.4 is 0 Å². The maximum Gasteiger partial charge on any atom is 0.161 e. The van der Waals surface area contributed by atoms with E-state index in [-0.39, 0.29) is 0 Å². The minimum atomic E-state index is 0.632. The molecule has 0 atom stereocenters. The first-order valence-electron chi connectivity index (χ1n) is 4.29. The van der Waals surface area contributed by atoms with E-state index in [0.29, 0.717) is 5.69 Å². The first-order chi connectivity index (χ1) is 5.83. The smallest absolute Gasteiger partial charge is 0.161 e. The first-order valence-corrected chi connectivity index (χ1v) is 4.29. The lowest BCUT2D eigenvalue weighted by molar-refractivity contribution is 0.521. The highest BCUT2D eigenvalue weighted by Gasteiger charge is 2.16. The normalized spacial score (nSPS) is 15.3. The molecule has 0 saturated carbocycles. The highest BCUT2D eigenvalue weighted by atomic mass is 15.1. The van der Waals surface area contributed by atoms with E-state index in [4.69, 9.17) is 5.26 Å². The number of fused-ring (bicyclic) bond motifs is 1. The van der Waals surface area contributed by atoms with Gasteiger partial charge in [-0.2, -0.15) is 5.26 Å². The van der Waals surface area contributed by atoms with E-state index in [1.807, 2.05) is 6.92 Å². The Bertz CT molecular complexity index is 343. The van der Waals surface area contributed by atoms with Crippen LogP contribution in [0.25, 0.3) is 0 Å². The van der Waals surface area contributed by atoms with Crippen LogP contribution in [0.3, 0.4) is 0 Å². The van der Waals surface area contributed by atoms with Crippen molar-refractivity contribution in [2.75, 3.05) is 0 Å². The van der Waals surface area contributed by atoms with Crippen LogP contribution in [0.1, 0.15) is 30.1 Å². The van der Waals surface area contributed by atoms with Gasteiger partial charge in [-0.05, 0) is 26.2 Å². The molecule has 1 aliphatic rings. The molecule has 0 N–H and O–H groups in total. The molecule has 1 aromatic heterocycles. The van der Waals surface area contributed by atoms with Gasteiger partial charge < -0.3 is 4.57 Å². The van der Waals surface area contributed by atoms with Crippen molar-refractivity contribution in [1.29, 1.82) is 5.26 Å². The summed E-state index contributed by atoms with van der Waals surface area (Å²) < 4.78 is 2.17. The average Bonchev–Trinajstić information content (AvgIpc) is 2.44. The Hall–Kier alpha value is -1.30. The summed E-state index contributed by atoms with van der Waals surface area (Å²) >= 11 is 0. The molecule has 0 aromatic carbocycles. The maximum atomic E-state index is 8.78. The Morgan fingerprint density at radius 1 is 1.50 bits per heavy atom. The summed E-state index contributed by atoms with van der Waals surface area (Å²) in [6.07, 6.45) is 3.43. The number of imidazole rings is 1. The van der Waals surface area contributed by atoms with Crippen LogP contribution in [-0.4, -0.2) is 9.55 Å². The summed E-state index contributed by atoms with van der Waals surface area (Å²) in [4.78, 5) is 4.21. The van der Waals surface area contributed by atoms with Crippen molar-refractivity contribution in [2.24, 2.45) is 0 Å². The fourth-order valence-corrected chi connectivity index (χ4v) is 1.81. The van der Waals surface area contributed by atoms with Crippen LogP contribution in [0.4, 0.5) is 0 Å². The average molecular weight is 161 g/mol. The third-order valence-corrected chi connectivity index (χ3v) is 2.41. The van der Waals surface area contributed by atoms with E-state index in [1.165, 1.54) is 12.8 Å². The van der Waals surface area contributed by atoms with Gasteiger partial charge in [0.25, 0.3) is 0 Å². The molecule has 1 aliphatic heterocycles. The minimum absolute atomic E-state index is 0.632. The molecule has 2 heterocycles. The van der Waals surface area contributed by atoms with Gasteiger partial charge in [-0.1, -0.05) is 0 Å². The zero-order chi connectivity index (χ0) is 8.55. The Morgan fingerprint density at radius 3 is 3.08 bits per heavy atom. The van der Waals surface area contributed by atoms with E-state index in [2.05, 4.69) is 15.6 Å². The van der Waals surface area contributed by atoms with E-state index in [1.54, 1.807) is 0 Å². The molecule has 2 rings (SSSR count). The number of nitriles is 1. The molecule has 0 aliphatic carbocycles. The number of rotatable bonds is 0. The lowest BCUT2D eigenvalue weighted by Gasteiger charge is -2.14. The highest BCUT2D eigenvalue weighted by Crippen LogP contribution is 2.19. The molecule has 3 heteroatoms. The van der Waals surface area contributed by atoms with Crippen molar-refractivity contribution in [3.8, 4) is 6.07 Å². The number of aryl methyl sites for hydroxylation is 1. The molecular weight excluding hydrogens is 150 g/mol. The summed E-state index contributed by atoms with van der Waals surface area (Å²) in [6.45, 7) is 3.01. The number of aromatic nitrogens is 2. The van der Waals surface area contributed by atoms with Crippen molar-refractivity contribution in [3.63, 3.8) is 0 Å². The van der Waals surface area contributed by atoms with Gasteiger partial charge in [0.2, 0.25) is 0 Å². The van der Waals surface area contributed by atoms with E-state index in [0.717, 1.165) is 24.5 Å². The van der Waals surface area contributed by atoms with Crippen LogP contribution in [0, 0.1) is 18.3 Å².